The molecule has 8 atom stereocenters. The molecule has 0 radical (unpaired) electrons. The highest BCUT2D eigenvalue weighted by atomic mass is 28.3. The Morgan fingerprint density at radius 3 is 1.26 bits per heavy atom. The van der Waals surface area contributed by atoms with Gasteiger partial charge in [0.2, 0.25) is 29.7 Å². The average Bonchev–Trinajstić information content (AvgIpc) is 1.63. The zero-order chi connectivity index (χ0) is 100. The number of isocyanates is 1. The number of amides is 10. The molecule has 10 amide bonds. The minimum Gasteiger partial charge on any atom is -0.453 e. The molecule has 0 saturated carbocycles. The van der Waals surface area contributed by atoms with Crippen molar-refractivity contribution in [2.24, 2.45) is 28.7 Å². The number of carbonyl (C=O) groups is 9. The van der Waals surface area contributed by atoms with Crippen LogP contribution in [0.4, 0.5) is 24.0 Å². The predicted molar refractivity (Wildman–Crippen MR) is 529 cm³/mol. The van der Waals surface area contributed by atoms with Crippen LogP contribution in [0.2, 0.25) is 51.4 Å². The maximum atomic E-state index is 14.2. The highest BCUT2D eigenvalue weighted by Crippen LogP contribution is 2.38. The van der Waals surface area contributed by atoms with Crippen molar-refractivity contribution < 1.29 is 76.4 Å². The number of aliphatic imine (C=N–C) groups is 1. The number of urea groups is 1. The van der Waals surface area contributed by atoms with Crippen LogP contribution in [-0.4, -0.2) is 272 Å². The number of piperazine rings is 2. The summed E-state index contributed by atoms with van der Waals surface area (Å²) in [6, 6.07) is 28.9. The van der Waals surface area contributed by atoms with Gasteiger partial charge in [0.1, 0.15) is 73.0 Å². The lowest BCUT2D eigenvalue weighted by atomic mass is 10.0. The second kappa shape index (κ2) is 50.2. The molecule has 4 aliphatic rings. The fourth-order valence-corrected chi connectivity index (χ4v) is 18.0. The Morgan fingerprint density at radius 2 is 0.855 bits per heavy atom. The highest BCUT2D eigenvalue weighted by molar-refractivity contribution is 6.76. The van der Waals surface area contributed by atoms with Crippen LogP contribution < -0.4 is 31.9 Å². The summed E-state index contributed by atoms with van der Waals surface area (Å²) in [5, 5.41) is 16.9. The first-order chi connectivity index (χ1) is 65.9. The van der Waals surface area contributed by atoms with Crippen molar-refractivity contribution in [2.75, 3.05) is 108 Å². The van der Waals surface area contributed by atoms with E-state index in [4.69, 9.17) is 43.2 Å². The van der Waals surface area contributed by atoms with Gasteiger partial charge >= 0.3 is 30.4 Å². The summed E-state index contributed by atoms with van der Waals surface area (Å²) < 4.78 is 35.9. The molecule has 4 aromatic carbocycles. The van der Waals surface area contributed by atoms with E-state index in [-0.39, 0.29) is 92.0 Å². The summed E-state index contributed by atoms with van der Waals surface area (Å²) in [5.41, 5.74) is 10.1. The molecule has 8 N–H and O–H groups in total. The Kier molecular flexibility index (Phi) is 38.9. The fourth-order valence-electron chi connectivity index (χ4n) is 16.5. The van der Waals surface area contributed by atoms with Gasteiger partial charge in [0.15, 0.2) is 0 Å². The second-order valence-electron chi connectivity index (χ2n) is 38.2. The molecule has 4 saturated heterocycles. The number of imidazole rings is 4. The number of aromatic amines is 2. The number of methoxy groups -OCH3 is 4. The molecule has 4 aromatic heterocycles. The molecule has 0 unspecified atom stereocenters. The topological polar surface area (TPSA) is 420 Å². The van der Waals surface area contributed by atoms with Crippen molar-refractivity contribution in [2.45, 2.75) is 194 Å². The monoisotopic (exact) mass is 1930 g/mol. The number of carbonyl (C=O) groups excluding carboxylic acids is 10. The van der Waals surface area contributed by atoms with Gasteiger partial charge in [-0.05, 0) is 127 Å². The number of rotatable bonds is 30. The van der Waals surface area contributed by atoms with Crippen LogP contribution in [0.15, 0.2) is 127 Å². The van der Waals surface area contributed by atoms with Crippen LogP contribution in [0.5, 0.6) is 0 Å². The van der Waals surface area contributed by atoms with E-state index in [9.17, 15) is 43.2 Å². The summed E-state index contributed by atoms with van der Waals surface area (Å²) >= 11 is 0. The first-order valence-electron chi connectivity index (χ1n) is 47.0. The van der Waals surface area contributed by atoms with Gasteiger partial charge in [-0.3, -0.25) is 19.2 Å². The molecule has 4 fully saturated rings. The molecule has 8 aromatic rings. The summed E-state index contributed by atoms with van der Waals surface area (Å²) in [7, 11) is 5.39. The van der Waals surface area contributed by atoms with E-state index in [1.807, 2.05) is 179 Å². The van der Waals surface area contributed by atoms with Gasteiger partial charge in [0.05, 0.1) is 88.4 Å². The zero-order valence-corrected chi connectivity index (χ0v) is 85.1. The number of ether oxygens (including phenoxy) is 6. The largest absolute Gasteiger partial charge is 0.453 e. The molecule has 138 heavy (non-hydrogen) atoms. The maximum absolute atomic E-state index is 14.2. The van der Waals surface area contributed by atoms with E-state index in [0.29, 0.717) is 70.0 Å². The van der Waals surface area contributed by atoms with E-state index in [0.717, 1.165) is 111 Å². The lowest BCUT2D eigenvalue weighted by molar-refractivity contribution is -0.139. The number of hydrogen-bond acceptors (Lipinski definition) is 22. The Morgan fingerprint density at radius 1 is 0.471 bits per heavy atom. The summed E-state index contributed by atoms with van der Waals surface area (Å²) in [6.07, 6.45) is 9.15. The van der Waals surface area contributed by atoms with Crippen LogP contribution in [0.3, 0.4) is 0 Å². The molecule has 4 aliphatic heterocycles. The minimum absolute atomic E-state index is 0.119. The Labute approximate surface area is 810 Å². The van der Waals surface area contributed by atoms with Crippen molar-refractivity contribution in [3.8, 4) is 68.7 Å². The third-order valence-electron chi connectivity index (χ3n) is 24.4. The molecule has 0 spiro atoms. The number of benzene rings is 4. The molecule has 0 aliphatic carbocycles. The molecule has 38 heteroatoms. The smallest absolute Gasteiger partial charge is 0.407 e. The van der Waals surface area contributed by atoms with Gasteiger partial charge in [-0.1, -0.05) is 167 Å². The summed E-state index contributed by atoms with van der Waals surface area (Å²) in [6.45, 7) is 34.3. The lowest BCUT2D eigenvalue weighted by Gasteiger charge is -2.42. The van der Waals surface area contributed by atoms with Crippen LogP contribution in [0, 0.1) is 47.4 Å². The van der Waals surface area contributed by atoms with Crippen LogP contribution in [0.25, 0.3) is 45.0 Å². The summed E-state index contributed by atoms with van der Waals surface area (Å²) in [4.78, 5) is 164. The number of hydrogen-bond donors (Lipinski definition) is 8. The molecule has 12 rings (SSSR count). The van der Waals surface area contributed by atoms with Crippen LogP contribution in [0.1, 0.15) is 151 Å². The Bertz CT molecular complexity index is 5640. The van der Waals surface area contributed by atoms with Gasteiger partial charge in [0.25, 0.3) is 0 Å². The van der Waals surface area contributed by atoms with Gasteiger partial charge in [0, 0.05) is 123 Å². The standard InChI is InChI=1S/C54H79N9O8Si2.C44H54N10O7.C2H3NO/c1-37(2)47(58-53(66)68-5)51(64)61-26-13-14-44(61)49-56-33-45(63(49)36-71-29-31-73(10,11)12)42-23-19-40(20-24-42)16-15-39-17-21-41(22-18-39)43-34-60(35-70-28-30-72(7,8)9)50(57-43)46-32-55-25-27-62(46)52(65)48(38(3)4)59-54(67)69-6;1-26(2)36(50-43(58)60-6)40(55)53-20-8-9-34(53)38-46-23-32(48-38)30-16-12-28(13-17-30)10-11-29-14-18-31(19-15-29)33-24-47-39(49-33)35-25-52(42(57)45-5)21-22-54(35)41(56)37(27(3)4)51-44(59)61-7;1-3-2-4/h17-24,33-34,37-38,44,46-48,55H,13-14,25-32,35-36H2,1-12H3,(H,58,66)(H,59,67);12-19,23-24,26-27,34-37H,8-9,20-22,25H2,1-7H3,(H,45,57)(H,46,48)(H,47,49)(H,50,58)(H,51,59);1H3/t44-,46-,47-,48-;34-,35-,36-,37-;/m00./s1. The summed E-state index contributed by atoms with van der Waals surface area (Å²) in [5.74, 6) is 14.3. The van der Waals surface area contributed by atoms with Crippen LogP contribution in [-0.2, 0) is 65.9 Å². The van der Waals surface area contributed by atoms with Crippen molar-refractivity contribution in [1.29, 1.82) is 0 Å². The third-order valence-corrected chi connectivity index (χ3v) is 27.8. The Hall–Kier alpha value is -13.2. The number of nitrogens with zero attached hydrogens (tertiary/aromatic N) is 12. The van der Waals surface area contributed by atoms with Gasteiger partial charge in [-0.15, -0.1) is 0 Å². The van der Waals surface area contributed by atoms with E-state index in [1.165, 1.54) is 41.6 Å². The van der Waals surface area contributed by atoms with Crippen molar-refractivity contribution in [3.05, 3.63) is 167 Å². The highest BCUT2D eigenvalue weighted by Gasteiger charge is 2.44. The number of nitrogens with one attached hydrogen (secondary N) is 8. The number of alkyl carbamates (subject to hydrolysis) is 4. The predicted octanol–water partition coefficient (Wildman–Crippen LogP) is 13.1. The van der Waals surface area contributed by atoms with E-state index < -0.39 is 76.8 Å². The molecule has 0 bridgehead atoms. The third kappa shape index (κ3) is 28.9. The molecule has 8 heterocycles. The average molecular weight is 1930 g/mol. The second-order valence-corrected chi connectivity index (χ2v) is 49.4. The van der Waals surface area contributed by atoms with E-state index in [1.54, 1.807) is 34.1 Å². The minimum atomic E-state index is -1.34. The zero-order valence-electron chi connectivity index (χ0n) is 83.1. The quantitative estimate of drug-likeness (QED) is 0.00517. The molecular formula is C100H136N20O16Si2. The first kappa shape index (κ1) is 107. The van der Waals surface area contributed by atoms with Crippen molar-refractivity contribution in [1.82, 2.24) is 95.4 Å². The molecule has 36 nitrogen and oxygen atoms in total. The number of H-pyrrole nitrogens is 2. The molecular weight excluding hydrogens is 1790 g/mol. The van der Waals surface area contributed by atoms with E-state index >= 15 is 0 Å². The van der Waals surface area contributed by atoms with Gasteiger partial charge in [-0.2, -0.15) is 0 Å². The normalized spacial score (nSPS) is 16.8. The molecule has 740 valence electrons. The van der Waals surface area contributed by atoms with Crippen molar-refractivity contribution in [3.63, 3.8) is 0 Å². The SMILES string of the molecule is CN=C=O.CNC(=O)N1CCN(C(=O)[C@@H](NC(=O)OC)C(C)C)[C@H](c2ncc(-c3ccc(C#Cc4ccc(-c5cnc([C@@H]6CCCN6C(=O)[C@@H](NC(=O)OC)C(C)C)[nH]5)cc4)cc3)[nH]2)C1.COC(=O)N[C@H](C(=O)N1CCNC[C@H]1c1nc(-c2ccc(C#Cc3ccc(-c4cnc([C@@H]5CCCN5C(=O)[C@@H](NC(=O)OC)C(C)C)n4COCC[Si](C)(C)C)cc3)cc2)cn1COCC[Si](C)(C)C)C(C)C. The first-order valence-corrected chi connectivity index (χ1v) is 54.4. The van der Waals surface area contributed by atoms with Crippen molar-refractivity contribution >= 4 is 76.3 Å². The van der Waals surface area contributed by atoms with Gasteiger partial charge in [-0.25, -0.2) is 53.7 Å². The number of likely N-dealkylation sites (tertiary alicyclic amines) is 2. The van der Waals surface area contributed by atoms with Gasteiger partial charge < -0.3 is 104 Å². The maximum Gasteiger partial charge on any atom is 0.407 e. The Balaban J connectivity index is 0.000000278. The van der Waals surface area contributed by atoms with Crippen LogP contribution >= 0.6 is 0 Å². The fraction of sp³-hybridized carbons (Fsp3) is 0.500. The lowest BCUT2D eigenvalue weighted by Crippen LogP contribution is -2.59. The number of aromatic nitrogens is 8. The van der Waals surface area contributed by atoms with E-state index in [2.05, 4.69) is 124 Å².